The molecule has 18 heavy (non-hydrogen) atoms. The highest BCUT2D eigenvalue weighted by Gasteiger charge is 2.13. The highest BCUT2D eigenvalue weighted by atomic mass is 32.2. The molecule has 102 valence electrons. The third kappa shape index (κ3) is 4.40. The van der Waals surface area contributed by atoms with E-state index in [2.05, 4.69) is 0 Å². The third-order valence-corrected chi connectivity index (χ3v) is 3.75. The fraction of sp³-hybridized carbons (Fsp3) is 0.538. The van der Waals surface area contributed by atoms with Crippen molar-refractivity contribution in [3.05, 3.63) is 23.8 Å². The van der Waals surface area contributed by atoms with Crippen LogP contribution in [0.4, 0.5) is 0 Å². The molecule has 1 unspecified atom stereocenters. The molecule has 4 nitrogen and oxygen atoms in total. The zero-order valence-electron chi connectivity index (χ0n) is 10.9. The summed E-state index contributed by atoms with van der Waals surface area (Å²) in [5.74, 6) is 3.27. The Kier molecular flexibility index (Phi) is 6.93. The Labute approximate surface area is 112 Å². The van der Waals surface area contributed by atoms with Crippen LogP contribution in [0.15, 0.2) is 18.2 Å². The van der Waals surface area contributed by atoms with Crippen molar-refractivity contribution >= 4 is 11.8 Å². The summed E-state index contributed by atoms with van der Waals surface area (Å²) in [6, 6.07) is 5.54. The molecule has 0 heterocycles. The normalized spacial score (nSPS) is 12.2. The molecule has 0 saturated carbocycles. The zero-order chi connectivity index (χ0) is 13.4. The van der Waals surface area contributed by atoms with E-state index >= 15 is 0 Å². The number of aliphatic hydroxyl groups excluding tert-OH is 1. The summed E-state index contributed by atoms with van der Waals surface area (Å²) >= 11 is 1.73. The number of hydrogen-bond acceptors (Lipinski definition) is 5. The predicted molar refractivity (Wildman–Crippen MR) is 75.5 cm³/mol. The number of aliphatic hydroxyl groups is 1. The number of nitrogens with two attached hydrogens (primary N) is 1. The van der Waals surface area contributed by atoms with E-state index in [1.165, 1.54) is 0 Å². The first-order chi connectivity index (χ1) is 8.72. The summed E-state index contributed by atoms with van der Waals surface area (Å²) in [7, 11) is 3.27. The second-order valence-electron chi connectivity index (χ2n) is 3.87. The maximum Gasteiger partial charge on any atom is 0.123 e. The number of thioether (sulfide) groups is 1. The molecule has 0 aliphatic carbocycles. The van der Waals surface area contributed by atoms with E-state index in [0.29, 0.717) is 0 Å². The third-order valence-electron chi connectivity index (χ3n) is 2.58. The van der Waals surface area contributed by atoms with E-state index in [1.54, 1.807) is 26.0 Å². The highest BCUT2D eigenvalue weighted by Crippen LogP contribution is 2.29. The lowest BCUT2D eigenvalue weighted by atomic mass is 10.1. The Morgan fingerprint density at radius 1 is 1.33 bits per heavy atom. The first-order valence-electron chi connectivity index (χ1n) is 5.89. The van der Waals surface area contributed by atoms with Gasteiger partial charge in [-0.1, -0.05) is 0 Å². The zero-order valence-corrected chi connectivity index (χ0v) is 11.7. The average Bonchev–Trinajstić information content (AvgIpc) is 2.42. The number of ether oxygens (including phenoxy) is 2. The van der Waals surface area contributed by atoms with Crippen molar-refractivity contribution in [1.29, 1.82) is 0 Å². The molecule has 0 bridgehead atoms. The summed E-state index contributed by atoms with van der Waals surface area (Å²) in [6.45, 7) is 0.227. The van der Waals surface area contributed by atoms with Crippen LogP contribution in [0.25, 0.3) is 0 Å². The Balaban J connectivity index is 2.66. The van der Waals surface area contributed by atoms with Crippen LogP contribution in [0, 0.1) is 0 Å². The van der Waals surface area contributed by atoms with Gasteiger partial charge in [0.25, 0.3) is 0 Å². The van der Waals surface area contributed by atoms with Crippen LogP contribution in [0.5, 0.6) is 11.5 Å². The maximum atomic E-state index is 8.72. The Morgan fingerprint density at radius 3 is 2.72 bits per heavy atom. The predicted octanol–water partition coefficient (Wildman–Crippen LogP) is 1.82. The molecule has 0 radical (unpaired) electrons. The minimum absolute atomic E-state index is 0.0984. The lowest BCUT2D eigenvalue weighted by Crippen LogP contribution is -2.14. The molecule has 0 aromatic heterocycles. The molecule has 1 aromatic rings. The summed E-state index contributed by atoms with van der Waals surface area (Å²) in [4.78, 5) is 0. The van der Waals surface area contributed by atoms with Crippen LogP contribution >= 0.6 is 11.8 Å². The van der Waals surface area contributed by atoms with Gasteiger partial charge in [0.2, 0.25) is 0 Å². The van der Waals surface area contributed by atoms with Gasteiger partial charge in [-0.15, -0.1) is 0 Å². The number of rotatable bonds is 8. The highest BCUT2D eigenvalue weighted by molar-refractivity contribution is 7.99. The lowest BCUT2D eigenvalue weighted by Gasteiger charge is -2.16. The van der Waals surface area contributed by atoms with Gasteiger partial charge in [0.05, 0.1) is 14.2 Å². The van der Waals surface area contributed by atoms with Crippen LogP contribution < -0.4 is 15.2 Å². The summed E-state index contributed by atoms with van der Waals surface area (Å²) in [5.41, 5.74) is 7.11. The quantitative estimate of drug-likeness (QED) is 0.706. The topological polar surface area (TPSA) is 64.7 Å². The maximum absolute atomic E-state index is 8.72. The molecule has 1 aromatic carbocycles. The molecule has 5 heteroatoms. The first-order valence-corrected chi connectivity index (χ1v) is 7.04. The van der Waals surface area contributed by atoms with Crippen molar-refractivity contribution in [2.75, 3.05) is 32.3 Å². The van der Waals surface area contributed by atoms with Crippen LogP contribution in [-0.4, -0.2) is 37.4 Å². The van der Waals surface area contributed by atoms with Gasteiger partial charge >= 0.3 is 0 Å². The largest absolute Gasteiger partial charge is 0.497 e. The molecule has 0 saturated heterocycles. The molecule has 0 amide bonds. The van der Waals surface area contributed by atoms with E-state index in [4.69, 9.17) is 20.3 Å². The number of benzene rings is 1. The average molecular weight is 271 g/mol. The molecular weight excluding hydrogens is 250 g/mol. The molecule has 0 fully saturated rings. The van der Waals surface area contributed by atoms with Crippen molar-refractivity contribution in [2.45, 2.75) is 12.5 Å². The lowest BCUT2D eigenvalue weighted by molar-refractivity contribution is 0.296. The SMILES string of the molecule is COc1ccc(OC)c(C(N)CSCCCO)c1. The van der Waals surface area contributed by atoms with Crippen LogP contribution in [0.1, 0.15) is 18.0 Å². The second-order valence-corrected chi connectivity index (χ2v) is 5.02. The van der Waals surface area contributed by atoms with E-state index in [1.807, 2.05) is 18.2 Å². The van der Waals surface area contributed by atoms with Crippen molar-refractivity contribution in [3.8, 4) is 11.5 Å². The van der Waals surface area contributed by atoms with Crippen molar-refractivity contribution < 1.29 is 14.6 Å². The Hall–Kier alpha value is -0.910. The first kappa shape index (κ1) is 15.1. The van der Waals surface area contributed by atoms with Crippen molar-refractivity contribution in [1.82, 2.24) is 0 Å². The van der Waals surface area contributed by atoms with Gasteiger partial charge in [-0.3, -0.25) is 0 Å². The van der Waals surface area contributed by atoms with Gasteiger partial charge in [0, 0.05) is 24.0 Å². The minimum atomic E-state index is -0.0984. The van der Waals surface area contributed by atoms with Gasteiger partial charge in [0.1, 0.15) is 11.5 Å². The minimum Gasteiger partial charge on any atom is -0.497 e. The smallest absolute Gasteiger partial charge is 0.123 e. The standard InChI is InChI=1S/C13H21NO3S/c1-16-10-4-5-13(17-2)11(8-10)12(14)9-18-7-3-6-15/h4-5,8,12,15H,3,6-7,9,14H2,1-2H3. The fourth-order valence-corrected chi connectivity index (χ4v) is 2.53. The van der Waals surface area contributed by atoms with Gasteiger partial charge < -0.3 is 20.3 Å². The molecular formula is C13H21NO3S. The van der Waals surface area contributed by atoms with Gasteiger partial charge in [0.15, 0.2) is 0 Å². The van der Waals surface area contributed by atoms with E-state index in [0.717, 1.165) is 35.0 Å². The van der Waals surface area contributed by atoms with Gasteiger partial charge in [-0.05, 0) is 30.4 Å². The molecule has 1 atom stereocenters. The molecule has 1 rings (SSSR count). The molecule has 3 N–H and O–H groups in total. The van der Waals surface area contributed by atoms with E-state index in [-0.39, 0.29) is 12.6 Å². The van der Waals surface area contributed by atoms with Gasteiger partial charge in [-0.25, -0.2) is 0 Å². The second kappa shape index (κ2) is 8.24. The summed E-state index contributed by atoms with van der Waals surface area (Å²) < 4.78 is 10.5. The Morgan fingerprint density at radius 2 is 2.11 bits per heavy atom. The van der Waals surface area contributed by atoms with Crippen LogP contribution in [0.2, 0.25) is 0 Å². The van der Waals surface area contributed by atoms with Crippen molar-refractivity contribution in [3.63, 3.8) is 0 Å². The Bertz CT molecular complexity index is 360. The van der Waals surface area contributed by atoms with Gasteiger partial charge in [-0.2, -0.15) is 11.8 Å². The van der Waals surface area contributed by atoms with E-state index < -0.39 is 0 Å². The summed E-state index contributed by atoms with van der Waals surface area (Å²) in [5, 5.41) is 8.72. The number of hydrogen-bond donors (Lipinski definition) is 2. The number of methoxy groups -OCH3 is 2. The van der Waals surface area contributed by atoms with Crippen LogP contribution in [0.3, 0.4) is 0 Å². The molecule has 0 aliphatic rings. The molecule has 0 aliphatic heterocycles. The fourth-order valence-electron chi connectivity index (χ4n) is 1.60. The van der Waals surface area contributed by atoms with Crippen molar-refractivity contribution in [2.24, 2.45) is 5.73 Å². The monoisotopic (exact) mass is 271 g/mol. The molecule has 0 spiro atoms. The van der Waals surface area contributed by atoms with Crippen LogP contribution in [-0.2, 0) is 0 Å². The van der Waals surface area contributed by atoms with E-state index in [9.17, 15) is 0 Å². The summed E-state index contributed by atoms with van der Waals surface area (Å²) in [6.07, 6.45) is 0.798.